The molecule has 14 heavy (non-hydrogen) atoms. The van der Waals surface area contributed by atoms with E-state index in [2.05, 4.69) is 20.1 Å². The molecular weight excluding hydrogens is 190 g/mol. The molecule has 72 valence electrons. The number of nitrogens with one attached hydrogen (secondary N) is 1. The minimum Gasteiger partial charge on any atom is -0.504 e. The Bertz CT molecular complexity index is 493. The van der Waals surface area contributed by atoms with Crippen LogP contribution in [0.15, 0.2) is 12.1 Å². The predicted octanol–water partition coefficient (Wildman–Crippen LogP) is 0.720. The third-order valence-corrected chi connectivity index (χ3v) is 1.62. The Hall–Kier alpha value is -2.31. The van der Waals surface area contributed by atoms with Gasteiger partial charge < -0.3 is 14.9 Å². The first kappa shape index (κ1) is 8.30. The van der Waals surface area contributed by atoms with Crippen LogP contribution in [0.5, 0.6) is 11.5 Å². The summed E-state index contributed by atoms with van der Waals surface area (Å²) in [6.45, 7) is 0. The minimum atomic E-state index is -1.52. The highest BCUT2D eigenvalue weighted by molar-refractivity contribution is 5.85. The molecule has 0 bridgehead atoms. The monoisotopic (exact) mass is 195 g/mol. The number of nitrogens with zero attached hydrogens (tertiary/aromatic N) is 2. The Balaban J connectivity index is 2.64. The fourth-order valence-corrected chi connectivity index (χ4v) is 1.07. The highest BCUT2D eigenvalue weighted by atomic mass is 16.7. The predicted molar refractivity (Wildman–Crippen MR) is 44.2 cm³/mol. The van der Waals surface area contributed by atoms with Crippen LogP contribution in [-0.4, -0.2) is 31.8 Å². The summed E-state index contributed by atoms with van der Waals surface area (Å²) in [6, 6.07) is 2.81. The molecule has 0 saturated heterocycles. The van der Waals surface area contributed by atoms with Crippen LogP contribution in [0.1, 0.15) is 0 Å². The van der Waals surface area contributed by atoms with E-state index in [0.29, 0.717) is 5.52 Å². The van der Waals surface area contributed by atoms with Crippen LogP contribution < -0.4 is 4.74 Å². The number of hydrogen-bond donors (Lipinski definition) is 3. The summed E-state index contributed by atoms with van der Waals surface area (Å²) in [4.78, 5) is 10.3. The van der Waals surface area contributed by atoms with E-state index in [1.54, 1.807) is 0 Å². The first-order valence-corrected chi connectivity index (χ1v) is 3.62. The lowest BCUT2D eigenvalue weighted by molar-refractivity contribution is 0.143. The average molecular weight is 195 g/mol. The Morgan fingerprint density at radius 1 is 1.50 bits per heavy atom. The second kappa shape index (κ2) is 2.87. The molecule has 0 fully saturated rings. The van der Waals surface area contributed by atoms with Crippen molar-refractivity contribution >= 4 is 17.2 Å². The molecule has 1 aromatic carbocycles. The van der Waals surface area contributed by atoms with Crippen molar-refractivity contribution in [3.63, 3.8) is 0 Å². The van der Waals surface area contributed by atoms with E-state index in [9.17, 15) is 9.90 Å². The van der Waals surface area contributed by atoms with Crippen LogP contribution in [0.3, 0.4) is 0 Å². The third-order valence-electron chi connectivity index (χ3n) is 1.62. The molecule has 0 radical (unpaired) electrons. The van der Waals surface area contributed by atoms with E-state index >= 15 is 0 Å². The number of ether oxygens (including phenoxy) is 1. The van der Waals surface area contributed by atoms with Crippen molar-refractivity contribution < 1.29 is 19.7 Å². The molecule has 0 saturated carbocycles. The number of rotatable bonds is 1. The maximum Gasteiger partial charge on any atom is 0.511 e. The maximum absolute atomic E-state index is 10.3. The number of benzene rings is 1. The fraction of sp³-hybridized carbons (Fsp3) is 0. The normalized spacial score (nSPS) is 10.3. The quantitative estimate of drug-likeness (QED) is 0.457. The molecule has 0 aliphatic heterocycles. The highest BCUT2D eigenvalue weighted by Gasteiger charge is 2.14. The SMILES string of the molecule is O=C(O)Oc1c(O)ccc2[nH]nnc12. The Morgan fingerprint density at radius 3 is 3.00 bits per heavy atom. The number of hydrogen-bond acceptors (Lipinski definition) is 5. The molecule has 0 aliphatic rings. The van der Waals surface area contributed by atoms with Crippen LogP contribution >= 0.6 is 0 Å². The van der Waals surface area contributed by atoms with Crippen molar-refractivity contribution in [2.75, 3.05) is 0 Å². The van der Waals surface area contributed by atoms with Gasteiger partial charge in [-0.2, -0.15) is 0 Å². The van der Waals surface area contributed by atoms with Crippen molar-refractivity contribution in [1.82, 2.24) is 15.4 Å². The minimum absolute atomic E-state index is 0.174. The second-order valence-corrected chi connectivity index (χ2v) is 2.49. The van der Waals surface area contributed by atoms with Gasteiger partial charge in [-0.15, -0.1) is 5.10 Å². The van der Waals surface area contributed by atoms with Crippen molar-refractivity contribution in [1.29, 1.82) is 0 Å². The molecule has 1 heterocycles. The number of fused-ring (bicyclic) bond motifs is 1. The van der Waals surface area contributed by atoms with Crippen LogP contribution in [0.2, 0.25) is 0 Å². The molecule has 3 N–H and O–H groups in total. The van der Waals surface area contributed by atoms with Gasteiger partial charge in [-0.25, -0.2) is 4.79 Å². The fourth-order valence-electron chi connectivity index (χ4n) is 1.07. The summed E-state index contributed by atoms with van der Waals surface area (Å²) in [6.07, 6.45) is -1.52. The highest BCUT2D eigenvalue weighted by Crippen LogP contribution is 2.32. The van der Waals surface area contributed by atoms with E-state index in [1.807, 2.05) is 0 Å². The molecule has 1 aromatic heterocycles. The molecule has 7 heteroatoms. The van der Waals surface area contributed by atoms with Gasteiger partial charge in [-0.1, -0.05) is 5.21 Å². The summed E-state index contributed by atoms with van der Waals surface area (Å²) in [5.41, 5.74) is 0.659. The summed E-state index contributed by atoms with van der Waals surface area (Å²) < 4.78 is 4.36. The summed E-state index contributed by atoms with van der Waals surface area (Å²) >= 11 is 0. The van der Waals surface area contributed by atoms with Gasteiger partial charge >= 0.3 is 6.16 Å². The first-order valence-electron chi connectivity index (χ1n) is 3.62. The molecule has 7 nitrogen and oxygen atoms in total. The number of carbonyl (C=O) groups is 1. The van der Waals surface area contributed by atoms with Crippen LogP contribution in [0.25, 0.3) is 11.0 Å². The van der Waals surface area contributed by atoms with E-state index in [4.69, 9.17) is 5.11 Å². The first-order chi connectivity index (χ1) is 6.68. The Labute approximate surface area is 76.9 Å². The van der Waals surface area contributed by atoms with Crippen molar-refractivity contribution in [2.24, 2.45) is 0 Å². The number of carboxylic acid groups (broad SMARTS) is 1. The molecule has 2 rings (SSSR count). The molecule has 0 amide bonds. The number of aromatic nitrogens is 3. The zero-order valence-electron chi connectivity index (χ0n) is 6.76. The van der Waals surface area contributed by atoms with Crippen molar-refractivity contribution in [2.45, 2.75) is 0 Å². The topological polar surface area (TPSA) is 108 Å². The Kier molecular flexibility index (Phi) is 1.70. The van der Waals surface area contributed by atoms with Gasteiger partial charge in [-0.05, 0) is 12.1 Å². The third kappa shape index (κ3) is 1.20. The Morgan fingerprint density at radius 2 is 2.29 bits per heavy atom. The lowest BCUT2D eigenvalue weighted by Gasteiger charge is -2.01. The number of aromatic amines is 1. The second-order valence-electron chi connectivity index (χ2n) is 2.49. The molecule has 0 spiro atoms. The van der Waals surface area contributed by atoms with E-state index in [1.165, 1.54) is 12.1 Å². The molecule has 0 atom stereocenters. The smallest absolute Gasteiger partial charge is 0.504 e. The van der Waals surface area contributed by atoms with Crippen molar-refractivity contribution in [3.8, 4) is 11.5 Å². The number of phenolic OH excluding ortho intramolecular Hbond substituents is 1. The van der Waals surface area contributed by atoms with Gasteiger partial charge in [-0.3, -0.25) is 5.10 Å². The number of aromatic hydroxyl groups is 1. The van der Waals surface area contributed by atoms with Crippen molar-refractivity contribution in [3.05, 3.63) is 12.1 Å². The summed E-state index contributed by atoms with van der Waals surface area (Å²) in [5, 5.41) is 27.2. The van der Waals surface area contributed by atoms with Gasteiger partial charge in [0, 0.05) is 0 Å². The van der Waals surface area contributed by atoms with E-state index in [-0.39, 0.29) is 17.0 Å². The molecule has 2 aromatic rings. The maximum atomic E-state index is 10.3. The molecule has 0 unspecified atom stereocenters. The van der Waals surface area contributed by atoms with E-state index in [0.717, 1.165) is 0 Å². The number of H-pyrrole nitrogens is 1. The van der Waals surface area contributed by atoms with E-state index < -0.39 is 6.16 Å². The number of phenols is 1. The largest absolute Gasteiger partial charge is 0.511 e. The lowest BCUT2D eigenvalue weighted by Crippen LogP contribution is -2.03. The van der Waals surface area contributed by atoms with Crippen LogP contribution in [-0.2, 0) is 0 Å². The van der Waals surface area contributed by atoms with Crippen LogP contribution in [0, 0.1) is 0 Å². The lowest BCUT2D eigenvalue weighted by atomic mass is 10.3. The standard InChI is InChI=1S/C7H5N3O4/c11-4-2-1-3-5(9-10-8-3)6(4)14-7(12)13/h1-2,11H,(H,12,13)(H,8,9,10). The molecular formula is C7H5N3O4. The van der Waals surface area contributed by atoms with Gasteiger partial charge in [0.1, 0.15) is 0 Å². The average Bonchev–Trinajstić information content (AvgIpc) is 2.57. The summed E-state index contributed by atoms with van der Waals surface area (Å²) in [5.74, 6) is -0.516. The molecule has 0 aliphatic carbocycles. The van der Waals surface area contributed by atoms with Gasteiger partial charge in [0.25, 0.3) is 0 Å². The zero-order chi connectivity index (χ0) is 10.1. The van der Waals surface area contributed by atoms with Gasteiger partial charge in [0.2, 0.25) is 5.75 Å². The van der Waals surface area contributed by atoms with Gasteiger partial charge in [0.15, 0.2) is 11.3 Å². The summed E-state index contributed by atoms with van der Waals surface area (Å²) in [7, 11) is 0. The van der Waals surface area contributed by atoms with Crippen LogP contribution in [0.4, 0.5) is 4.79 Å². The zero-order valence-corrected chi connectivity index (χ0v) is 6.76. The van der Waals surface area contributed by atoms with Gasteiger partial charge in [0.05, 0.1) is 5.52 Å².